The minimum Gasteiger partial charge on any atom is -0.480 e. The van der Waals surface area contributed by atoms with Gasteiger partial charge in [0, 0.05) is 0 Å². The van der Waals surface area contributed by atoms with Gasteiger partial charge in [-0.05, 0) is 31.7 Å². The highest BCUT2D eigenvalue weighted by Crippen LogP contribution is 2.10. The summed E-state index contributed by atoms with van der Waals surface area (Å²) < 4.78 is 0. The first-order chi connectivity index (χ1) is 15.9. The van der Waals surface area contributed by atoms with Crippen LogP contribution in [0.3, 0.4) is 0 Å². The van der Waals surface area contributed by atoms with Crippen LogP contribution in [0.1, 0.15) is 39.7 Å². The van der Waals surface area contributed by atoms with Crippen molar-refractivity contribution in [3.63, 3.8) is 0 Å². The largest absolute Gasteiger partial charge is 0.480 e. The minimum atomic E-state index is -1.57. The average Bonchev–Trinajstić information content (AvgIpc) is 2.78. The summed E-state index contributed by atoms with van der Waals surface area (Å²) in [5.41, 5.74) is 6.78. The summed E-state index contributed by atoms with van der Waals surface area (Å²) in [5, 5.41) is 36.1. The maximum Gasteiger partial charge on any atom is 0.328 e. The van der Waals surface area contributed by atoms with Crippen LogP contribution in [-0.2, 0) is 25.6 Å². The van der Waals surface area contributed by atoms with Gasteiger partial charge in [0.05, 0.1) is 18.2 Å². The Balaban J connectivity index is 2.94. The molecule has 190 valence electrons. The second-order valence-corrected chi connectivity index (χ2v) is 8.46. The van der Waals surface area contributed by atoms with E-state index in [4.69, 9.17) is 5.73 Å². The Kier molecular flexibility index (Phi) is 11.6. The van der Waals surface area contributed by atoms with E-state index in [1.807, 2.05) is 6.07 Å². The quantitative estimate of drug-likeness (QED) is 0.185. The molecule has 0 bridgehead atoms. The van der Waals surface area contributed by atoms with Gasteiger partial charge in [-0.25, -0.2) is 4.79 Å². The maximum atomic E-state index is 12.9. The molecule has 7 unspecified atom stereocenters. The number of hydrogen-bond acceptors (Lipinski definition) is 7. The number of benzene rings is 1. The zero-order valence-corrected chi connectivity index (χ0v) is 19.9. The molecule has 8 N–H and O–H groups in total. The van der Waals surface area contributed by atoms with Crippen molar-refractivity contribution in [3.05, 3.63) is 35.9 Å². The van der Waals surface area contributed by atoms with Gasteiger partial charge in [-0.15, -0.1) is 0 Å². The molecule has 0 saturated carbocycles. The molecule has 1 aromatic carbocycles. The Bertz CT molecular complexity index is 832. The van der Waals surface area contributed by atoms with Crippen molar-refractivity contribution < 1.29 is 34.5 Å². The predicted octanol–water partition coefficient (Wildman–Crippen LogP) is -1.10. The Morgan fingerprint density at radius 2 is 1.29 bits per heavy atom. The summed E-state index contributed by atoms with van der Waals surface area (Å²) in [7, 11) is 0. The number of aliphatic hydroxyl groups is 2. The smallest absolute Gasteiger partial charge is 0.328 e. The fraction of sp³-hybridized carbons (Fsp3) is 0.565. The molecule has 7 atom stereocenters. The molecule has 0 aromatic heterocycles. The lowest BCUT2D eigenvalue weighted by molar-refractivity contribution is -0.145. The highest BCUT2D eigenvalue weighted by atomic mass is 16.4. The Morgan fingerprint density at radius 1 is 0.824 bits per heavy atom. The average molecular weight is 481 g/mol. The highest BCUT2D eigenvalue weighted by Gasteiger charge is 2.35. The van der Waals surface area contributed by atoms with Gasteiger partial charge in [0.2, 0.25) is 17.7 Å². The number of carboxylic acid groups (broad SMARTS) is 1. The van der Waals surface area contributed by atoms with Crippen LogP contribution in [-0.4, -0.2) is 75.4 Å². The van der Waals surface area contributed by atoms with Crippen molar-refractivity contribution in [1.82, 2.24) is 16.0 Å². The Morgan fingerprint density at radius 3 is 1.76 bits per heavy atom. The van der Waals surface area contributed by atoms with E-state index in [1.54, 1.807) is 38.1 Å². The van der Waals surface area contributed by atoms with E-state index < -0.39 is 66.0 Å². The molecule has 0 aliphatic rings. The Hall–Kier alpha value is -3.02. The molecule has 3 amide bonds. The molecule has 34 heavy (non-hydrogen) atoms. The number of aliphatic hydroxyl groups excluding tert-OH is 2. The minimum absolute atomic E-state index is 0.217. The van der Waals surface area contributed by atoms with Gasteiger partial charge in [-0.2, -0.15) is 0 Å². The normalized spacial score (nSPS) is 17.3. The van der Waals surface area contributed by atoms with Gasteiger partial charge in [0.25, 0.3) is 0 Å². The van der Waals surface area contributed by atoms with Gasteiger partial charge in [0.1, 0.15) is 12.1 Å². The first-order valence-electron chi connectivity index (χ1n) is 11.2. The molecule has 11 heteroatoms. The number of nitrogens with one attached hydrogen (secondary N) is 3. The van der Waals surface area contributed by atoms with E-state index in [-0.39, 0.29) is 6.42 Å². The molecule has 0 aliphatic heterocycles. The van der Waals surface area contributed by atoms with Crippen LogP contribution in [0.5, 0.6) is 0 Å². The summed E-state index contributed by atoms with van der Waals surface area (Å²) in [4.78, 5) is 49.6. The van der Waals surface area contributed by atoms with Gasteiger partial charge in [-0.3, -0.25) is 14.4 Å². The molecule has 0 saturated heterocycles. The molecule has 1 aromatic rings. The molecule has 1 rings (SSSR count). The molecule has 0 radical (unpaired) electrons. The zero-order valence-electron chi connectivity index (χ0n) is 19.9. The van der Waals surface area contributed by atoms with Crippen LogP contribution in [0.15, 0.2) is 30.3 Å². The van der Waals surface area contributed by atoms with Gasteiger partial charge >= 0.3 is 5.97 Å². The van der Waals surface area contributed by atoms with Crippen molar-refractivity contribution in [1.29, 1.82) is 0 Å². The molecular weight excluding hydrogens is 444 g/mol. The monoisotopic (exact) mass is 480 g/mol. The van der Waals surface area contributed by atoms with Crippen molar-refractivity contribution in [2.45, 2.75) is 76.9 Å². The summed E-state index contributed by atoms with van der Waals surface area (Å²) >= 11 is 0. The van der Waals surface area contributed by atoms with Gasteiger partial charge < -0.3 is 37.0 Å². The number of hydrogen-bond donors (Lipinski definition) is 7. The summed E-state index contributed by atoms with van der Waals surface area (Å²) in [6.45, 7) is 5.97. The van der Waals surface area contributed by atoms with E-state index in [0.29, 0.717) is 6.42 Å². The van der Waals surface area contributed by atoms with Crippen molar-refractivity contribution in [2.75, 3.05) is 0 Å². The maximum absolute atomic E-state index is 12.9. The number of rotatable bonds is 13. The standard InChI is InChI=1S/C23H36N4O7/c1-5-12(2)17(21(31)27-19(14(4)29)23(33)34)25-22(32)18(13(3)28)26-20(30)16(24)11-15-9-7-6-8-10-15/h6-10,12-14,16-19,28-29H,5,11,24H2,1-4H3,(H,25,32)(H,26,30)(H,27,31)(H,33,34). The van der Waals surface area contributed by atoms with Gasteiger partial charge in [-0.1, -0.05) is 50.6 Å². The summed E-state index contributed by atoms with van der Waals surface area (Å²) in [6, 6.07) is 3.92. The first kappa shape index (κ1) is 29.0. The molecular formula is C23H36N4O7. The third kappa shape index (κ3) is 8.73. The van der Waals surface area contributed by atoms with Crippen LogP contribution in [0.4, 0.5) is 0 Å². The predicted molar refractivity (Wildman–Crippen MR) is 124 cm³/mol. The van der Waals surface area contributed by atoms with Crippen LogP contribution >= 0.6 is 0 Å². The zero-order chi connectivity index (χ0) is 26.0. The second kappa shape index (κ2) is 13.6. The van der Waals surface area contributed by atoms with Crippen molar-refractivity contribution in [2.24, 2.45) is 11.7 Å². The third-order valence-electron chi connectivity index (χ3n) is 5.54. The number of amides is 3. The SMILES string of the molecule is CCC(C)C(NC(=O)C(NC(=O)C(N)Cc1ccccc1)C(C)O)C(=O)NC(C(=O)O)C(C)O. The van der Waals surface area contributed by atoms with E-state index in [0.717, 1.165) is 5.56 Å². The molecule has 0 spiro atoms. The lowest BCUT2D eigenvalue weighted by Gasteiger charge is -2.29. The summed E-state index contributed by atoms with van der Waals surface area (Å²) in [6.07, 6.45) is -2.00. The van der Waals surface area contributed by atoms with E-state index >= 15 is 0 Å². The highest BCUT2D eigenvalue weighted by molar-refractivity contribution is 5.94. The fourth-order valence-corrected chi connectivity index (χ4v) is 3.20. The molecule has 0 aliphatic carbocycles. The fourth-order valence-electron chi connectivity index (χ4n) is 3.20. The second-order valence-electron chi connectivity index (χ2n) is 8.46. The first-order valence-corrected chi connectivity index (χ1v) is 11.2. The third-order valence-corrected chi connectivity index (χ3v) is 5.54. The topological polar surface area (TPSA) is 191 Å². The van der Waals surface area contributed by atoms with E-state index in [2.05, 4.69) is 16.0 Å². The number of carbonyl (C=O) groups is 4. The van der Waals surface area contributed by atoms with E-state index in [1.165, 1.54) is 13.8 Å². The van der Waals surface area contributed by atoms with Crippen molar-refractivity contribution >= 4 is 23.7 Å². The number of carboxylic acids is 1. The van der Waals surface area contributed by atoms with Crippen LogP contribution in [0, 0.1) is 5.92 Å². The number of carbonyl (C=O) groups excluding carboxylic acids is 3. The van der Waals surface area contributed by atoms with Crippen LogP contribution in [0.2, 0.25) is 0 Å². The lowest BCUT2D eigenvalue weighted by atomic mass is 9.96. The molecule has 11 nitrogen and oxygen atoms in total. The van der Waals surface area contributed by atoms with Crippen molar-refractivity contribution in [3.8, 4) is 0 Å². The van der Waals surface area contributed by atoms with Gasteiger partial charge in [0.15, 0.2) is 6.04 Å². The number of nitrogens with two attached hydrogens (primary N) is 1. The van der Waals surface area contributed by atoms with Crippen LogP contribution in [0.25, 0.3) is 0 Å². The van der Waals surface area contributed by atoms with Crippen LogP contribution < -0.4 is 21.7 Å². The molecule has 0 heterocycles. The number of aliphatic carboxylic acids is 1. The Labute approximate surface area is 199 Å². The lowest BCUT2D eigenvalue weighted by Crippen LogP contribution is -2.61. The molecule has 0 fully saturated rings. The summed E-state index contributed by atoms with van der Waals surface area (Å²) in [5.74, 6) is -4.15. The van der Waals surface area contributed by atoms with E-state index in [9.17, 15) is 34.5 Å².